The van der Waals surface area contributed by atoms with Crippen molar-refractivity contribution < 1.29 is 4.74 Å². The molecule has 1 nitrogen and oxygen atoms in total. The van der Waals surface area contributed by atoms with Gasteiger partial charge >= 0.3 is 0 Å². The number of fused-ring (bicyclic) bond motifs is 10. The summed E-state index contributed by atoms with van der Waals surface area (Å²) in [4.78, 5) is 0. The second-order valence-electron chi connectivity index (χ2n) is 11.3. The lowest BCUT2D eigenvalue weighted by molar-refractivity contribution is 0.418. The smallest absolute Gasteiger partial charge is 0.131 e. The van der Waals surface area contributed by atoms with Crippen molar-refractivity contribution in [3.63, 3.8) is 0 Å². The molecule has 0 atom stereocenters. The molecule has 0 saturated carbocycles. The predicted octanol–water partition coefficient (Wildman–Crippen LogP) is 10.8. The van der Waals surface area contributed by atoms with Crippen LogP contribution < -0.4 is 4.74 Å². The first kappa shape index (κ1) is 23.0. The highest BCUT2D eigenvalue weighted by Gasteiger charge is 2.34. The number of ether oxygens (including phenoxy) is 1. The standard InChI is InChI=1S/C39H28O/c1-39(2)35-17-9-10-18-37(35)40-38-22-20-26(24-36(38)39)25-19-21-33-31-15-6-5-13-29(31)27-11-3-4-12-28(27)30-14-7-8-16-32(30)34(33)23-25/h3-24H,1-2H3. The molecule has 1 aliphatic carbocycles. The maximum absolute atomic E-state index is 6.34. The molecular formula is C39H28O. The second-order valence-corrected chi connectivity index (χ2v) is 11.3. The SMILES string of the molecule is CC1(C)c2ccccc2Oc2ccc(-c3ccc4c(c3)-c3ccccc3-c3ccccc3-c3ccccc3-4)cc21. The molecule has 6 aromatic carbocycles. The van der Waals surface area contributed by atoms with Gasteiger partial charge in [0.05, 0.1) is 0 Å². The molecule has 6 aromatic rings. The van der Waals surface area contributed by atoms with Crippen molar-refractivity contribution in [1.29, 1.82) is 0 Å². The first-order chi connectivity index (χ1) is 19.6. The van der Waals surface area contributed by atoms with Crippen molar-refractivity contribution >= 4 is 0 Å². The van der Waals surface area contributed by atoms with E-state index in [0.717, 1.165) is 11.5 Å². The van der Waals surface area contributed by atoms with Crippen LogP contribution in [0.5, 0.6) is 11.5 Å². The minimum absolute atomic E-state index is 0.154. The Balaban J connectivity index is 1.35. The second kappa shape index (κ2) is 8.56. The van der Waals surface area contributed by atoms with E-state index in [1.54, 1.807) is 0 Å². The number of para-hydroxylation sites is 1. The predicted molar refractivity (Wildman–Crippen MR) is 166 cm³/mol. The third kappa shape index (κ3) is 3.34. The third-order valence-corrected chi connectivity index (χ3v) is 8.73. The molecule has 190 valence electrons. The van der Waals surface area contributed by atoms with Crippen molar-refractivity contribution in [2.45, 2.75) is 19.3 Å². The van der Waals surface area contributed by atoms with Crippen LogP contribution in [0.2, 0.25) is 0 Å². The van der Waals surface area contributed by atoms with Gasteiger partial charge in [0, 0.05) is 16.5 Å². The minimum Gasteiger partial charge on any atom is -0.457 e. The summed E-state index contributed by atoms with van der Waals surface area (Å²) in [6.45, 7) is 4.59. The summed E-state index contributed by atoms with van der Waals surface area (Å²) in [5, 5.41) is 0. The van der Waals surface area contributed by atoms with Gasteiger partial charge in [0.2, 0.25) is 0 Å². The van der Waals surface area contributed by atoms with Crippen LogP contribution in [-0.2, 0) is 5.41 Å². The fourth-order valence-corrected chi connectivity index (χ4v) is 6.66. The molecule has 0 saturated heterocycles. The summed E-state index contributed by atoms with van der Waals surface area (Å²) in [7, 11) is 0. The highest BCUT2D eigenvalue weighted by Crippen LogP contribution is 2.51. The van der Waals surface area contributed by atoms with Crippen molar-refractivity contribution in [2.75, 3.05) is 0 Å². The van der Waals surface area contributed by atoms with E-state index < -0.39 is 0 Å². The Kier molecular flexibility index (Phi) is 4.93. The molecule has 0 radical (unpaired) electrons. The first-order valence-electron chi connectivity index (χ1n) is 13.9. The summed E-state index contributed by atoms with van der Waals surface area (Å²) in [5.74, 6) is 1.89. The van der Waals surface area contributed by atoms with Gasteiger partial charge in [0.25, 0.3) is 0 Å². The molecule has 0 spiro atoms. The van der Waals surface area contributed by atoms with Gasteiger partial charge in [-0.25, -0.2) is 0 Å². The first-order valence-corrected chi connectivity index (χ1v) is 13.9. The van der Waals surface area contributed by atoms with Crippen LogP contribution in [-0.4, -0.2) is 0 Å². The van der Waals surface area contributed by atoms with Crippen LogP contribution in [0.3, 0.4) is 0 Å². The van der Waals surface area contributed by atoms with Gasteiger partial charge in [0.15, 0.2) is 0 Å². The molecule has 0 amide bonds. The van der Waals surface area contributed by atoms with Gasteiger partial charge in [-0.05, 0) is 79.9 Å². The van der Waals surface area contributed by atoms with Crippen LogP contribution in [0, 0.1) is 0 Å². The Morgan fingerprint density at radius 1 is 0.375 bits per heavy atom. The van der Waals surface area contributed by atoms with Gasteiger partial charge in [-0.3, -0.25) is 0 Å². The van der Waals surface area contributed by atoms with Crippen LogP contribution >= 0.6 is 0 Å². The molecule has 1 heterocycles. The van der Waals surface area contributed by atoms with E-state index in [-0.39, 0.29) is 5.41 Å². The largest absolute Gasteiger partial charge is 0.457 e. The lowest BCUT2D eigenvalue weighted by atomic mass is 9.75. The number of hydrogen-bond donors (Lipinski definition) is 0. The Morgan fingerprint density at radius 2 is 0.800 bits per heavy atom. The minimum atomic E-state index is -0.154. The molecular weight excluding hydrogens is 484 g/mol. The molecule has 1 aliphatic heterocycles. The summed E-state index contributed by atoms with van der Waals surface area (Å²) >= 11 is 0. The maximum Gasteiger partial charge on any atom is 0.131 e. The van der Waals surface area contributed by atoms with E-state index >= 15 is 0 Å². The van der Waals surface area contributed by atoms with E-state index in [9.17, 15) is 0 Å². The van der Waals surface area contributed by atoms with Crippen molar-refractivity contribution in [1.82, 2.24) is 0 Å². The number of rotatable bonds is 1. The fraction of sp³-hybridized carbons (Fsp3) is 0.0769. The normalized spacial score (nSPS) is 13.7. The Bertz CT molecular complexity index is 1950. The van der Waals surface area contributed by atoms with E-state index in [2.05, 4.69) is 141 Å². The van der Waals surface area contributed by atoms with E-state index in [1.165, 1.54) is 66.8 Å². The van der Waals surface area contributed by atoms with Crippen LogP contribution in [0.25, 0.3) is 55.6 Å². The lowest BCUT2D eigenvalue weighted by Crippen LogP contribution is -2.24. The van der Waals surface area contributed by atoms with E-state index in [0.29, 0.717) is 0 Å². The molecule has 0 unspecified atom stereocenters. The molecule has 0 N–H and O–H groups in total. The Hall–Kier alpha value is -4.88. The van der Waals surface area contributed by atoms with Crippen molar-refractivity contribution in [2.24, 2.45) is 0 Å². The van der Waals surface area contributed by atoms with Crippen molar-refractivity contribution in [3.8, 4) is 67.1 Å². The third-order valence-electron chi connectivity index (χ3n) is 8.73. The van der Waals surface area contributed by atoms with Gasteiger partial charge in [0.1, 0.15) is 11.5 Å². The molecule has 8 rings (SSSR count). The lowest BCUT2D eigenvalue weighted by Gasteiger charge is -2.34. The summed E-state index contributed by atoms with van der Waals surface area (Å²) in [5.41, 5.74) is 14.8. The number of benzene rings is 6. The zero-order valence-corrected chi connectivity index (χ0v) is 22.6. The van der Waals surface area contributed by atoms with Gasteiger partial charge in [-0.15, -0.1) is 0 Å². The van der Waals surface area contributed by atoms with Crippen molar-refractivity contribution in [3.05, 3.63) is 145 Å². The highest BCUT2D eigenvalue weighted by atomic mass is 16.5. The molecule has 0 bridgehead atoms. The molecule has 2 aliphatic rings. The van der Waals surface area contributed by atoms with Gasteiger partial charge in [-0.2, -0.15) is 0 Å². The van der Waals surface area contributed by atoms with E-state index in [4.69, 9.17) is 4.74 Å². The Labute approximate surface area is 235 Å². The molecule has 0 fully saturated rings. The number of hydrogen-bond acceptors (Lipinski definition) is 1. The van der Waals surface area contributed by atoms with Crippen LogP contribution in [0.15, 0.2) is 133 Å². The fourth-order valence-electron chi connectivity index (χ4n) is 6.66. The zero-order valence-electron chi connectivity index (χ0n) is 22.6. The maximum atomic E-state index is 6.34. The zero-order chi connectivity index (χ0) is 26.8. The highest BCUT2D eigenvalue weighted by molar-refractivity contribution is 6.03. The quantitative estimate of drug-likeness (QED) is 0.213. The average Bonchev–Trinajstić information content (AvgIpc) is 3.00. The summed E-state index contributed by atoms with van der Waals surface area (Å²) in [6.07, 6.45) is 0. The summed E-state index contributed by atoms with van der Waals surface area (Å²) in [6, 6.07) is 48.4. The van der Waals surface area contributed by atoms with Crippen LogP contribution in [0.4, 0.5) is 0 Å². The molecule has 40 heavy (non-hydrogen) atoms. The topological polar surface area (TPSA) is 9.23 Å². The Morgan fingerprint density at radius 3 is 1.40 bits per heavy atom. The van der Waals surface area contributed by atoms with Gasteiger partial charge in [-0.1, -0.05) is 123 Å². The van der Waals surface area contributed by atoms with Crippen LogP contribution in [0.1, 0.15) is 25.0 Å². The molecule has 1 heteroatoms. The van der Waals surface area contributed by atoms with E-state index in [1.807, 2.05) is 6.07 Å². The monoisotopic (exact) mass is 512 g/mol. The molecule has 0 aromatic heterocycles. The van der Waals surface area contributed by atoms with Gasteiger partial charge < -0.3 is 4.74 Å². The summed E-state index contributed by atoms with van der Waals surface area (Å²) < 4.78 is 6.34. The average molecular weight is 513 g/mol.